The first kappa shape index (κ1) is 16.0. The molecule has 4 heteroatoms. The molecular weight excluding hydrogens is 278 g/mol. The highest BCUT2D eigenvalue weighted by Gasteiger charge is 1.99. The van der Waals surface area contributed by atoms with Gasteiger partial charge in [0.15, 0.2) is 0 Å². The molecule has 2 N–H and O–H groups in total. The number of carboxylic acid groups (broad SMARTS) is 1. The second-order valence-corrected chi connectivity index (χ2v) is 5.05. The van der Waals surface area contributed by atoms with E-state index in [9.17, 15) is 4.79 Å². The molecule has 0 amide bonds. The third kappa shape index (κ3) is 5.97. The van der Waals surface area contributed by atoms with Crippen molar-refractivity contribution in [2.24, 2.45) is 0 Å². The van der Waals surface area contributed by atoms with Gasteiger partial charge in [0.25, 0.3) is 0 Å². The zero-order chi connectivity index (χ0) is 15.6. The van der Waals surface area contributed by atoms with E-state index in [1.807, 2.05) is 42.5 Å². The fourth-order valence-corrected chi connectivity index (χ4v) is 2.10. The summed E-state index contributed by atoms with van der Waals surface area (Å²) in [4.78, 5) is 10.4. The quantitative estimate of drug-likeness (QED) is 0.699. The molecule has 0 saturated heterocycles. The minimum atomic E-state index is -0.787. The van der Waals surface area contributed by atoms with E-state index in [-0.39, 0.29) is 6.42 Å². The van der Waals surface area contributed by atoms with Crippen LogP contribution in [-0.4, -0.2) is 24.2 Å². The largest absolute Gasteiger partial charge is 0.493 e. The molecule has 0 heterocycles. The number of carboxylic acids is 1. The lowest BCUT2D eigenvalue weighted by Gasteiger charge is -2.09. The maximum Gasteiger partial charge on any atom is 0.304 e. The van der Waals surface area contributed by atoms with Gasteiger partial charge in [0.05, 0.1) is 13.0 Å². The summed E-state index contributed by atoms with van der Waals surface area (Å²) in [5.74, 6) is 0.0546. The topological polar surface area (TPSA) is 58.6 Å². The third-order valence-corrected chi connectivity index (χ3v) is 3.25. The number of rotatable bonds is 9. The standard InChI is InChI=1S/C18H21NO3/c20-18(21)9-11-19-14-16-7-4-8-17(13-16)22-12-10-15-5-2-1-3-6-15/h1-8,13,19H,9-12,14H2,(H,20,21). The van der Waals surface area contributed by atoms with E-state index in [4.69, 9.17) is 9.84 Å². The van der Waals surface area contributed by atoms with Gasteiger partial charge in [-0.15, -0.1) is 0 Å². The van der Waals surface area contributed by atoms with Gasteiger partial charge in [-0.1, -0.05) is 42.5 Å². The lowest BCUT2D eigenvalue weighted by molar-refractivity contribution is -0.136. The summed E-state index contributed by atoms with van der Waals surface area (Å²) in [6.07, 6.45) is 1.01. The normalized spacial score (nSPS) is 10.4. The van der Waals surface area contributed by atoms with Crippen LogP contribution in [0, 0.1) is 0 Å². The molecule has 2 aromatic carbocycles. The first-order chi connectivity index (χ1) is 10.7. The van der Waals surface area contributed by atoms with E-state index >= 15 is 0 Å². The molecule has 116 valence electrons. The molecular formula is C18H21NO3. The van der Waals surface area contributed by atoms with Crippen LogP contribution in [0.5, 0.6) is 5.75 Å². The van der Waals surface area contributed by atoms with Crippen molar-refractivity contribution in [2.75, 3.05) is 13.2 Å². The van der Waals surface area contributed by atoms with E-state index in [1.165, 1.54) is 5.56 Å². The Balaban J connectivity index is 1.75. The third-order valence-electron chi connectivity index (χ3n) is 3.25. The summed E-state index contributed by atoms with van der Waals surface area (Å²) in [5.41, 5.74) is 2.34. The maximum absolute atomic E-state index is 10.4. The van der Waals surface area contributed by atoms with Crippen molar-refractivity contribution in [3.8, 4) is 5.75 Å². The number of nitrogens with one attached hydrogen (secondary N) is 1. The monoisotopic (exact) mass is 299 g/mol. The fourth-order valence-electron chi connectivity index (χ4n) is 2.10. The molecule has 4 nitrogen and oxygen atoms in total. The van der Waals surface area contributed by atoms with Crippen LogP contribution in [0.15, 0.2) is 54.6 Å². The number of hydrogen-bond donors (Lipinski definition) is 2. The Morgan fingerprint density at radius 1 is 1.05 bits per heavy atom. The molecule has 22 heavy (non-hydrogen) atoms. The van der Waals surface area contributed by atoms with Gasteiger partial charge in [0.1, 0.15) is 5.75 Å². The smallest absolute Gasteiger partial charge is 0.304 e. The molecule has 0 bridgehead atoms. The van der Waals surface area contributed by atoms with Crippen molar-refractivity contribution in [3.05, 3.63) is 65.7 Å². The van der Waals surface area contributed by atoms with Crippen molar-refractivity contribution in [3.63, 3.8) is 0 Å². The van der Waals surface area contributed by atoms with Crippen molar-refractivity contribution in [2.45, 2.75) is 19.4 Å². The van der Waals surface area contributed by atoms with E-state index < -0.39 is 5.97 Å². The zero-order valence-corrected chi connectivity index (χ0v) is 12.5. The molecule has 2 rings (SSSR count). The van der Waals surface area contributed by atoms with Crippen LogP contribution in [0.25, 0.3) is 0 Å². The zero-order valence-electron chi connectivity index (χ0n) is 12.5. The van der Waals surface area contributed by atoms with Crippen LogP contribution >= 0.6 is 0 Å². The predicted molar refractivity (Wildman–Crippen MR) is 86.0 cm³/mol. The highest BCUT2D eigenvalue weighted by molar-refractivity contribution is 5.66. The molecule has 0 aliphatic rings. The van der Waals surface area contributed by atoms with Gasteiger partial charge >= 0.3 is 5.97 Å². The molecule has 2 aromatic rings. The van der Waals surface area contributed by atoms with Crippen LogP contribution in [0.3, 0.4) is 0 Å². The highest BCUT2D eigenvalue weighted by Crippen LogP contribution is 2.13. The van der Waals surface area contributed by atoms with Gasteiger partial charge in [-0.3, -0.25) is 4.79 Å². The minimum Gasteiger partial charge on any atom is -0.493 e. The van der Waals surface area contributed by atoms with Crippen LogP contribution < -0.4 is 10.1 Å². The minimum absolute atomic E-state index is 0.132. The summed E-state index contributed by atoms with van der Waals surface area (Å²) in [6, 6.07) is 18.1. The number of aliphatic carboxylic acids is 1. The molecule has 0 saturated carbocycles. The van der Waals surface area contributed by atoms with E-state index in [1.54, 1.807) is 0 Å². The molecule has 0 atom stereocenters. The number of ether oxygens (including phenoxy) is 1. The van der Waals surface area contributed by atoms with Crippen molar-refractivity contribution < 1.29 is 14.6 Å². The van der Waals surface area contributed by atoms with Gasteiger partial charge in [-0.2, -0.15) is 0 Å². The van der Waals surface area contributed by atoms with Crippen molar-refractivity contribution in [1.82, 2.24) is 5.32 Å². The van der Waals surface area contributed by atoms with Gasteiger partial charge in [-0.05, 0) is 23.3 Å². The second kappa shape index (κ2) is 8.85. The SMILES string of the molecule is O=C(O)CCNCc1cccc(OCCc2ccccc2)c1. The Morgan fingerprint density at radius 2 is 1.82 bits per heavy atom. The Kier molecular flexibility index (Phi) is 6.45. The molecule has 0 fully saturated rings. The van der Waals surface area contributed by atoms with Crippen LogP contribution in [0.1, 0.15) is 17.5 Å². The molecule has 0 unspecified atom stereocenters. The van der Waals surface area contributed by atoms with E-state index in [0.29, 0.717) is 19.7 Å². The number of benzene rings is 2. The van der Waals surface area contributed by atoms with Gasteiger partial charge in [0, 0.05) is 19.5 Å². The Bertz CT molecular complexity index is 584. The van der Waals surface area contributed by atoms with Crippen molar-refractivity contribution in [1.29, 1.82) is 0 Å². The van der Waals surface area contributed by atoms with E-state index in [0.717, 1.165) is 17.7 Å². The average Bonchev–Trinajstić information content (AvgIpc) is 2.53. The van der Waals surface area contributed by atoms with Gasteiger partial charge in [-0.25, -0.2) is 0 Å². The Labute approximate surface area is 130 Å². The van der Waals surface area contributed by atoms with Gasteiger partial charge in [0.2, 0.25) is 0 Å². The lowest BCUT2D eigenvalue weighted by atomic mass is 10.2. The summed E-state index contributed by atoms with van der Waals surface area (Å²) >= 11 is 0. The Morgan fingerprint density at radius 3 is 2.59 bits per heavy atom. The molecule has 0 aliphatic carbocycles. The summed E-state index contributed by atoms with van der Waals surface area (Å²) in [5, 5.41) is 11.7. The maximum atomic E-state index is 10.4. The van der Waals surface area contributed by atoms with Crippen LogP contribution in [0.2, 0.25) is 0 Å². The second-order valence-electron chi connectivity index (χ2n) is 5.05. The molecule has 0 aliphatic heterocycles. The first-order valence-electron chi connectivity index (χ1n) is 7.42. The first-order valence-corrected chi connectivity index (χ1v) is 7.42. The van der Waals surface area contributed by atoms with Crippen molar-refractivity contribution >= 4 is 5.97 Å². The predicted octanol–water partition coefficient (Wildman–Crippen LogP) is 2.87. The number of carbonyl (C=O) groups is 1. The van der Waals surface area contributed by atoms with Gasteiger partial charge < -0.3 is 15.2 Å². The molecule has 0 spiro atoms. The van der Waals surface area contributed by atoms with Crippen LogP contribution in [0.4, 0.5) is 0 Å². The lowest BCUT2D eigenvalue weighted by Crippen LogP contribution is -2.17. The summed E-state index contributed by atoms with van der Waals surface area (Å²) in [7, 11) is 0. The van der Waals surface area contributed by atoms with Crippen LogP contribution in [-0.2, 0) is 17.8 Å². The fraction of sp³-hybridized carbons (Fsp3) is 0.278. The molecule has 0 aromatic heterocycles. The van der Waals surface area contributed by atoms with E-state index in [2.05, 4.69) is 17.4 Å². The highest BCUT2D eigenvalue weighted by atomic mass is 16.5. The summed E-state index contributed by atoms with van der Waals surface area (Å²) < 4.78 is 5.77. The summed E-state index contributed by atoms with van der Waals surface area (Å²) in [6.45, 7) is 1.75. The molecule has 0 radical (unpaired) electrons. The Hall–Kier alpha value is -2.33. The number of hydrogen-bond acceptors (Lipinski definition) is 3. The average molecular weight is 299 g/mol.